The van der Waals surface area contributed by atoms with E-state index in [9.17, 15) is 13.9 Å². The Morgan fingerprint density at radius 1 is 0.933 bits per heavy atom. The molecule has 11 nitrogen and oxygen atoms in total. The van der Waals surface area contributed by atoms with Gasteiger partial charge in [0.05, 0.1) is 58.9 Å². The molecule has 5 aromatic rings. The second-order valence-electron chi connectivity index (χ2n) is 11.9. The monoisotopic (exact) mass is 609 g/mol. The van der Waals surface area contributed by atoms with Crippen molar-refractivity contribution < 1.29 is 19.0 Å². The second-order valence-corrected chi connectivity index (χ2v) is 11.9. The molecule has 13 heteroatoms. The molecule has 2 aliphatic carbocycles. The van der Waals surface area contributed by atoms with Crippen molar-refractivity contribution in [2.24, 2.45) is 5.41 Å². The maximum absolute atomic E-state index is 14.7. The van der Waals surface area contributed by atoms with Gasteiger partial charge >= 0.3 is 0 Å². The Labute approximate surface area is 256 Å². The minimum Gasteiger partial charge on any atom is -0.394 e. The molecule has 2 bridgehead atoms. The average molecular weight is 610 g/mol. The Morgan fingerprint density at radius 3 is 2.42 bits per heavy atom. The van der Waals surface area contributed by atoms with Gasteiger partial charge in [0.2, 0.25) is 5.95 Å². The van der Waals surface area contributed by atoms with Crippen molar-refractivity contribution in [2.45, 2.75) is 44.1 Å². The molecule has 0 unspecified atom stereocenters. The first kappa shape index (κ1) is 28.9. The molecule has 0 radical (unpaired) electrons. The van der Waals surface area contributed by atoms with Crippen molar-refractivity contribution in [1.82, 2.24) is 40.1 Å². The molecule has 4 heterocycles. The van der Waals surface area contributed by atoms with Crippen LogP contribution in [0.1, 0.15) is 49.6 Å². The Morgan fingerprint density at radius 2 is 1.67 bits per heavy atom. The SMILES string of the molecule is CC1(C)[C@H]2CC[C@@]1(c1nccnc1-c1cncc(-c3cnc(NC[C@H](O)CO)nc3)n1)c1nnc(-c3c(F)cccc3F)cc12. The number of hydrogen-bond acceptors (Lipinski definition) is 11. The maximum Gasteiger partial charge on any atom is 0.222 e. The molecule has 2 aliphatic rings. The Kier molecular flexibility index (Phi) is 7.01. The molecule has 0 spiro atoms. The molecule has 3 N–H and O–H groups in total. The zero-order valence-corrected chi connectivity index (χ0v) is 24.5. The molecule has 4 aromatic heterocycles. The summed E-state index contributed by atoms with van der Waals surface area (Å²) in [5.74, 6) is -1.02. The number of aliphatic hydroxyl groups excluding tert-OH is 2. The molecule has 0 amide bonds. The molecule has 1 fully saturated rings. The number of aromatic nitrogens is 8. The van der Waals surface area contributed by atoms with Crippen molar-refractivity contribution in [3.05, 3.63) is 90.0 Å². The van der Waals surface area contributed by atoms with E-state index in [1.54, 1.807) is 43.2 Å². The summed E-state index contributed by atoms with van der Waals surface area (Å²) in [6.45, 7) is 4.07. The van der Waals surface area contributed by atoms with Gasteiger partial charge < -0.3 is 15.5 Å². The van der Waals surface area contributed by atoms with E-state index < -0.39 is 23.2 Å². The van der Waals surface area contributed by atoms with Crippen LogP contribution in [0.2, 0.25) is 0 Å². The quantitative estimate of drug-likeness (QED) is 0.233. The summed E-state index contributed by atoms with van der Waals surface area (Å²) in [7, 11) is 0. The van der Waals surface area contributed by atoms with Crippen molar-refractivity contribution in [3.63, 3.8) is 0 Å². The van der Waals surface area contributed by atoms with Gasteiger partial charge in [-0.25, -0.2) is 23.7 Å². The summed E-state index contributed by atoms with van der Waals surface area (Å²) in [6, 6.07) is 5.53. The average Bonchev–Trinajstić information content (AvgIpc) is 3.44. The van der Waals surface area contributed by atoms with Crippen molar-refractivity contribution in [3.8, 4) is 33.9 Å². The number of hydrogen-bond donors (Lipinski definition) is 3. The van der Waals surface area contributed by atoms with E-state index in [1.807, 2.05) is 0 Å². The molecule has 7 rings (SSSR count). The van der Waals surface area contributed by atoms with Crippen molar-refractivity contribution in [2.75, 3.05) is 18.5 Å². The number of nitrogens with zero attached hydrogens (tertiary/aromatic N) is 8. The van der Waals surface area contributed by atoms with Crippen LogP contribution >= 0.6 is 0 Å². The lowest BCUT2D eigenvalue weighted by atomic mass is 9.65. The predicted molar refractivity (Wildman–Crippen MR) is 160 cm³/mol. The molecular weight excluding hydrogens is 580 g/mol. The number of halogens is 2. The van der Waals surface area contributed by atoms with E-state index >= 15 is 0 Å². The van der Waals surface area contributed by atoms with E-state index in [0.29, 0.717) is 34.3 Å². The van der Waals surface area contributed by atoms with Crippen LogP contribution in [0.4, 0.5) is 14.7 Å². The summed E-state index contributed by atoms with van der Waals surface area (Å²) in [5.41, 5.74) is 3.46. The van der Waals surface area contributed by atoms with E-state index in [-0.39, 0.29) is 35.7 Å². The van der Waals surface area contributed by atoms with Gasteiger partial charge in [-0.1, -0.05) is 19.9 Å². The van der Waals surface area contributed by atoms with Gasteiger partial charge in [-0.15, -0.1) is 5.10 Å². The fourth-order valence-electron chi connectivity index (χ4n) is 7.00. The first-order valence-electron chi connectivity index (χ1n) is 14.6. The zero-order valence-electron chi connectivity index (χ0n) is 24.5. The van der Waals surface area contributed by atoms with Crippen molar-refractivity contribution in [1.29, 1.82) is 0 Å². The Bertz CT molecular complexity index is 1890. The Balaban J connectivity index is 1.28. The summed E-state index contributed by atoms with van der Waals surface area (Å²) >= 11 is 0. The van der Waals surface area contributed by atoms with E-state index in [0.717, 1.165) is 24.1 Å². The van der Waals surface area contributed by atoms with Crippen LogP contribution in [0.3, 0.4) is 0 Å². The second kappa shape index (κ2) is 10.9. The fourth-order valence-corrected chi connectivity index (χ4v) is 7.00. The van der Waals surface area contributed by atoms with Gasteiger partial charge in [0, 0.05) is 36.9 Å². The minimum atomic E-state index is -0.925. The number of rotatable bonds is 8. The summed E-state index contributed by atoms with van der Waals surface area (Å²) in [4.78, 5) is 27.5. The van der Waals surface area contributed by atoms with E-state index in [4.69, 9.17) is 20.1 Å². The van der Waals surface area contributed by atoms with Crippen LogP contribution in [0, 0.1) is 17.0 Å². The maximum atomic E-state index is 14.7. The lowest BCUT2D eigenvalue weighted by molar-refractivity contribution is 0.105. The third-order valence-corrected chi connectivity index (χ3v) is 9.23. The standard InChI is InChI=1S/C32H29F2N9O2/c1-31(2)20-6-7-32(31,28-19(20)10-23(42-43-28)26-21(33)4-3-5-22(26)34)29-27(36-8-9-37-29)25-15-35-14-24(41-25)17-11-38-30(39-12-17)40-13-18(45)16-44/h3-5,8-12,14-15,18,20,44-45H,6-7,13,16H2,1-2H3,(H,38,39,40)/t18-,20-,32-/m0/s1. The summed E-state index contributed by atoms with van der Waals surface area (Å²) < 4.78 is 29.4. The van der Waals surface area contributed by atoms with Gasteiger partial charge in [-0.05, 0) is 47.9 Å². The largest absolute Gasteiger partial charge is 0.394 e. The Hall–Kier alpha value is -4.88. The van der Waals surface area contributed by atoms with Crippen LogP contribution in [0.15, 0.2) is 61.4 Å². The highest BCUT2D eigenvalue weighted by Gasteiger charge is 2.65. The van der Waals surface area contributed by atoms with E-state index in [2.05, 4.69) is 44.3 Å². The molecule has 45 heavy (non-hydrogen) atoms. The number of anilines is 1. The number of aliphatic hydroxyl groups is 2. The van der Waals surface area contributed by atoms with Crippen LogP contribution in [0.5, 0.6) is 0 Å². The van der Waals surface area contributed by atoms with Gasteiger partial charge in [0.25, 0.3) is 0 Å². The van der Waals surface area contributed by atoms with Crippen LogP contribution in [-0.2, 0) is 5.41 Å². The smallest absolute Gasteiger partial charge is 0.222 e. The first-order valence-corrected chi connectivity index (χ1v) is 14.6. The highest BCUT2D eigenvalue weighted by atomic mass is 19.1. The number of nitrogens with one attached hydrogen (secondary N) is 1. The lowest BCUT2D eigenvalue weighted by Gasteiger charge is -2.38. The zero-order chi connectivity index (χ0) is 31.3. The fraction of sp³-hybridized carbons (Fsp3) is 0.312. The third-order valence-electron chi connectivity index (χ3n) is 9.23. The van der Waals surface area contributed by atoms with E-state index in [1.165, 1.54) is 18.2 Å². The molecule has 1 saturated carbocycles. The summed E-state index contributed by atoms with van der Waals surface area (Å²) in [5, 5.41) is 30.4. The van der Waals surface area contributed by atoms with Crippen LogP contribution < -0.4 is 5.32 Å². The third kappa shape index (κ3) is 4.53. The molecule has 0 aliphatic heterocycles. The number of benzene rings is 1. The molecular formula is C32H29F2N9O2. The normalized spacial score (nSPS) is 20.2. The predicted octanol–water partition coefficient (Wildman–Crippen LogP) is 4.09. The minimum absolute atomic E-state index is 0.0617. The molecule has 3 atom stereocenters. The van der Waals surface area contributed by atoms with Crippen LogP contribution in [-0.4, -0.2) is 69.6 Å². The van der Waals surface area contributed by atoms with Gasteiger partial charge in [-0.3, -0.25) is 15.0 Å². The highest BCUT2D eigenvalue weighted by molar-refractivity contribution is 5.68. The number of fused-ring (bicyclic) bond motifs is 5. The van der Waals surface area contributed by atoms with Crippen molar-refractivity contribution >= 4 is 5.95 Å². The van der Waals surface area contributed by atoms with Gasteiger partial charge in [0.1, 0.15) is 23.0 Å². The van der Waals surface area contributed by atoms with Crippen LogP contribution in [0.25, 0.3) is 33.9 Å². The molecule has 0 saturated heterocycles. The van der Waals surface area contributed by atoms with Gasteiger partial charge in [0.15, 0.2) is 0 Å². The highest BCUT2D eigenvalue weighted by Crippen LogP contribution is 2.70. The lowest BCUT2D eigenvalue weighted by Crippen LogP contribution is -2.38. The molecule has 228 valence electrons. The molecule has 1 aromatic carbocycles. The topological polar surface area (TPSA) is 156 Å². The first-order chi connectivity index (χ1) is 21.7. The summed E-state index contributed by atoms with van der Waals surface area (Å²) in [6.07, 6.45) is 10.3. The van der Waals surface area contributed by atoms with Gasteiger partial charge in [-0.2, -0.15) is 5.10 Å².